The zero-order valence-corrected chi connectivity index (χ0v) is 8.26. The molecule has 15 heavy (non-hydrogen) atoms. The summed E-state index contributed by atoms with van der Waals surface area (Å²) in [4.78, 5) is 2.29. The summed E-state index contributed by atoms with van der Waals surface area (Å²) in [5, 5.41) is 9.71. The first-order valence-electron chi connectivity index (χ1n) is 4.29. The van der Waals surface area contributed by atoms with Gasteiger partial charge in [-0.05, 0) is 17.8 Å². The van der Waals surface area contributed by atoms with Crippen molar-refractivity contribution in [3.05, 3.63) is 29.3 Å². The fourth-order valence-corrected chi connectivity index (χ4v) is 1.71. The standard InChI is InChI=1S/C9H8ClF2NO2/c10-13-7-3-15-9-5(8(7)14)1-4(11)2-6(9)12/h1-2,7-8,13-14H,3H2/t7-,8?/m0/s1. The second-order valence-electron chi connectivity index (χ2n) is 3.28. The van der Waals surface area contributed by atoms with Crippen LogP contribution < -0.4 is 9.57 Å². The predicted molar refractivity (Wildman–Crippen MR) is 49.6 cm³/mol. The maximum absolute atomic E-state index is 13.2. The highest BCUT2D eigenvalue weighted by Gasteiger charge is 2.31. The van der Waals surface area contributed by atoms with Gasteiger partial charge < -0.3 is 9.84 Å². The Morgan fingerprint density at radius 3 is 2.87 bits per heavy atom. The van der Waals surface area contributed by atoms with Gasteiger partial charge in [-0.15, -0.1) is 0 Å². The van der Waals surface area contributed by atoms with E-state index in [1.165, 1.54) is 0 Å². The second kappa shape index (κ2) is 3.92. The number of aliphatic hydroxyl groups is 1. The van der Waals surface area contributed by atoms with Crippen molar-refractivity contribution in [1.82, 2.24) is 4.84 Å². The number of hydrogen-bond donors (Lipinski definition) is 2. The first-order valence-corrected chi connectivity index (χ1v) is 4.67. The van der Waals surface area contributed by atoms with Gasteiger partial charge >= 0.3 is 0 Å². The van der Waals surface area contributed by atoms with Crippen LogP contribution >= 0.6 is 11.8 Å². The molecule has 1 heterocycles. The van der Waals surface area contributed by atoms with E-state index in [0.29, 0.717) is 6.07 Å². The van der Waals surface area contributed by atoms with Crippen molar-refractivity contribution in [2.75, 3.05) is 6.61 Å². The Hall–Kier alpha value is -0.910. The van der Waals surface area contributed by atoms with Crippen molar-refractivity contribution in [2.24, 2.45) is 0 Å². The van der Waals surface area contributed by atoms with E-state index in [9.17, 15) is 13.9 Å². The summed E-state index contributed by atoms with van der Waals surface area (Å²) in [5.41, 5.74) is 0.0666. The van der Waals surface area contributed by atoms with E-state index in [-0.39, 0.29) is 17.9 Å². The third-order valence-corrected chi connectivity index (χ3v) is 2.56. The molecule has 1 aliphatic rings. The van der Waals surface area contributed by atoms with Crippen LogP contribution in [-0.2, 0) is 0 Å². The number of fused-ring (bicyclic) bond motifs is 1. The lowest BCUT2D eigenvalue weighted by Gasteiger charge is -2.29. The number of aliphatic hydroxyl groups excluding tert-OH is 1. The van der Waals surface area contributed by atoms with E-state index in [0.717, 1.165) is 6.07 Å². The third kappa shape index (κ3) is 1.78. The first kappa shape index (κ1) is 10.6. The summed E-state index contributed by atoms with van der Waals surface area (Å²) in [7, 11) is 0. The van der Waals surface area contributed by atoms with Gasteiger partial charge in [0, 0.05) is 11.6 Å². The molecule has 1 aromatic carbocycles. The van der Waals surface area contributed by atoms with E-state index >= 15 is 0 Å². The van der Waals surface area contributed by atoms with Gasteiger partial charge in [-0.25, -0.2) is 13.6 Å². The van der Waals surface area contributed by atoms with Gasteiger partial charge in [0.05, 0.1) is 6.04 Å². The molecular weight excluding hydrogens is 228 g/mol. The average molecular weight is 236 g/mol. The summed E-state index contributed by atoms with van der Waals surface area (Å²) in [6, 6.07) is 1.16. The van der Waals surface area contributed by atoms with Crippen LogP contribution in [-0.4, -0.2) is 17.8 Å². The molecule has 0 bridgehead atoms. The Morgan fingerprint density at radius 2 is 2.20 bits per heavy atom. The van der Waals surface area contributed by atoms with E-state index in [1.54, 1.807) is 0 Å². The molecule has 82 valence electrons. The smallest absolute Gasteiger partial charge is 0.168 e. The molecule has 1 aromatic rings. The largest absolute Gasteiger partial charge is 0.488 e. The molecule has 1 unspecified atom stereocenters. The van der Waals surface area contributed by atoms with Gasteiger partial charge in [-0.2, -0.15) is 0 Å². The number of halogens is 3. The molecule has 1 aliphatic heterocycles. The van der Waals surface area contributed by atoms with Crippen LogP contribution in [0.1, 0.15) is 11.7 Å². The second-order valence-corrected chi connectivity index (χ2v) is 3.50. The van der Waals surface area contributed by atoms with Crippen LogP contribution in [0.2, 0.25) is 0 Å². The zero-order valence-electron chi connectivity index (χ0n) is 7.51. The molecule has 3 nitrogen and oxygen atoms in total. The summed E-state index contributed by atoms with van der Waals surface area (Å²) in [5.74, 6) is -1.70. The van der Waals surface area contributed by atoms with Crippen molar-refractivity contribution in [3.8, 4) is 5.75 Å². The van der Waals surface area contributed by atoms with Crippen LogP contribution in [0.3, 0.4) is 0 Å². The van der Waals surface area contributed by atoms with Gasteiger partial charge in [-0.1, -0.05) is 0 Å². The molecular formula is C9H8ClF2NO2. The molecule has 0 spiro atoms. The van der Waals surface area contributed by atoms with Crippen molar-refractivity contribution in [3.63, 3.8) is 0 Å². The van der Waals surface area contributed by atoms with Crippen LogP contribution in [0, 0.1) is 11.6 Å². The molecule has 0 radical (unpaired) electrons. The highest BCUT2D eigenvalue weighted by molar-refractivity contribution is 6.13. The molecule has 2 rings (SSSR count). The first-order chi connectivity index (χ1) is 7.13. The molecule has 0 amide bonds. The van der Waals surface area contributed by atoms with E-state index in [4.69, 9.17) is 16.5 Å². The third-order valence-electron chi connectivity index (χ3n) is 2.28. The van der Waals surface area contributed by atoms with Gasteiger partial charge in [0.2, 0.25) is 0 Å². The highest BCUT2D eigenvalue weighted by Crippen LogP contribution is 2.35. The zero-order chi connectivity index (χ0) is 11.0. The Morgan fingerprint density at radius 1 is 1.47 bits per heavy atom. The lowest BCUT2D eigenvalue weighted by Crippen LogP contribution is -2.38. The van der Waals surface area contributed by atoms with Crippen LogP contribution in [0.25, 0.3) is 0 Å². The quantitative estimate of drug-likeness (QED) is 0.725. The minimum absolute atomic E-state index is 0.0280. The molecule has 0 aromatic heterocycles. The van der Waals surface area contributed by atoms with E-state index < -0.39 is 23.8 Å². The lowest BCUT2D eigenvalue weighted by molar-refractivity contribution is 0.0811. The van der Waals surface area contributed by atoms with Crippen LogP contribution in [0.15, 0.2) is 12.1 Å². The van der Waals surface area contributed by atoms with Gasteiger partial charge in [0.15, 0.2) is 11.6 Å². The van der Waals surface area contributed by atoms with E-state index in [2.05, 4.69) is 4.84 Å². The molecule has 2 N–H and O–H groups in total. The normalized spacial score (nSPS) is 24.5. The number of benzene rings is 1. The van der Waals surface area contributed by atoms with Gasteiger partial charge in [0.25, 0.3) is 0 Å². The fraction of sp³-hybridized carbons (Fsp3) is 0.333. The Kier molecular flexibility index (Phi) is 2.77. The van der Waals surface area contributed by atoms with E-state index in [1.807, 2.05) is 0 Å². The predicted octanol–water partition coefficient (Wildman–Crippen LogP) is 1.50. The SMILES string of the molecule is OC1c2cc(F)cc(F)c2OC[C@@H]1NCl. The summed E-state index contributed by atoms with van der Waals surface area (Å²) >= 11 is 5.34. The fourth-order valence-electron chi connectivity index (χ4n) is 1.52. The van der Waals surface area contributed by atoms with Crippen molar-refractivity contribution < 1.29 is 18.6 Å². The Balaban J connectivity index is 2.46. The topological polar surface area (TPSA) is 41.5 Å². The molecule has 0 saturated heterocycles. The average Bonchev–Trinajstić information content (AvgIpc) is 2.19. The molecule has 0 aliphatic carbocycles. The minimum atomic E-state index is -1.09. The number of hydrogen-bond acceptors (Lipinski definition) is 3. The molecule has 2 atom stereocenters. The summed E-state index contributed by atoms with van der Waals surface area (Å²) in [6.07, 6.45) is -1.09. The number of ether oxygens (including phenoxy) is 1. The Labute approximate surface area is 89.7 Å². The van der Waals surface area contributed by atoms with Crippen LogP contribution in [0.4, 0.5) is 8.78 Å². The van der Waals surface area contributed by atoms with Crippen molar-refractivity contribution in [2.45, 2.75) is 12.1 Å². The summed E-state index contributed by atoms with van der Waals surface area (Å²) < 4.78 is 31.1. The van der Waals surface area contributed by atoms with Crippen molar-refractivity contribution >= 4 is 11.8 Å². The number of nitrogens with one attached hydrogen (secondary N) is 1. The van der Waals surface area contributed by atoms with Gasteiger partial charge in [-0.3, -0.25) is 0 Å². The highest BCUT2D eigenvalue weighted by atomic mass is 35.5. The van der Waals surface area contributed by atoms with Crippen LogP contribution in [0.5, 0.6) is 5.75 Å². The molecule has 6 heteroatoms. The maximum Gasteiger partial charge on any atom is 0.168 e. The monoisotopic (exact) mass is 235 g/mol. The maximum atomic E-state index is 13.2. The number of rotatable bonds is 1. The molecule has 0 fully saturated rings. The Bertz CT molecular complexity index is 389. The molecule has 0 saturated carbocycles. The summed E-state index contributed by atoms with van der Waals surface area (Å²) in [6.45, 7) is 0.0280. The minimum Gasteiger partial charge on any atom is -0.488 e. The lowest BCUT2D eigenvalue weighted by atomic mass is 9.99. The van der Waals surface area contributed by atoms with Gasteiger partial charge in [0.1, 0.15) is 18.5 Å². The van der Waals surface area contributed by atoms with Crippen molar-refractivity contribution in [1.29, 1.82) is 0 Å².